The van der Waals surface area contributed by atoms with Gasteiger partial charge in [-0.1, -0.05) is 31.0 Å². The van der Waals surface area contributed by atoms with E-state index in [2.05, 4.69) is 5.32 Å². The summed E-state index contributed by atoms with van der Waals surface area (Å²) in [5.41, 5.74) is 0.833. The number of likely N-dealkylation sites (N-methyl/N-ethyl adjacent to an activating group) is 1. The van der Waals surface area contributed by atoms with E-state index in [0.29, 0.717) is 18.8 Å². The van der Waals surface area contributed by atoms with Crippen molar-refractivity contribution in [3.8, 4) is 0 Å². The van der Waals surface area contributed by atoms with Gasteiger partial charge in [-0.05, 0) is 38.8 Å². The average molecular weight is 339 g/mol. The van der Waals surface area contributed by atoms with Gasteiger partial charge in [-0.25, -0.2) is 0 Å². The van der Waals surface area contributed by atoms with Crippen LogP contribution < -0.4 is 5.32 Å². The summed E-state index contributed by atoms with van der Waals surface area (Å²) in [6.07, 6.45) is 4.42. The lowest BCUT2D eigenvalue weighted by atomic mass is 9.94. The van der Waals surface area contributed by atoms with Gasteiger partial charge in [-0.2, -0.15) is 0 Å². The third-order valence-corrected chi connectivity index (χ3v) is 5.83. The minimum Gasteiger partial charge on any atom is -0.351 e. The molecule has 25 heavy (non-hydrogen) atoms. The van der Waals surface area contributed by atoms with Crippen LogP contribution in [0.1, 0.15) is 50.0 Å². The van der Waals surface area contributed by atoms with E-state index in [-0.39, 0.29) is 17.9 Å². The molecule has 1 unspecified atom stereocenters. The predicted molar refractivity (Wildman–Crippen MR) is 97.5 cm³/mol. The molecule has 0 bridgehead atoms. The Kier molecular flexibility index (Phi) is 3.82. The maximum Gasteiger partial charge on any atom is 0.271 e. The normalized spacial score (nSPS) is 23.9. The largest absolute Gasteiger partial charge is 0.351 e. The second-order valence-corrected chi connectivity index (χ2v) is 7.45. The Balaban J connectivity index is 1.74. The molecule has 2 aliphatic rings. The van der Waals surface area contributed by atoms with Gasteiger partial charge in [-0.3, -0.25) is 9.59 Å². The summed E-state index contributed by atoms with van der Waals surface area (Å²) in [6.45, 7) is 4.86. The first-order valence-electron chi connectivity index (χ1n) is 9.26. The molecule has 5 heteroatoms. The molecule has 2 amide bonds. The summed E-state index contributed by atoms with van der Waals surface area (Å²) >= 11 is 0. The second kappa shape index (κ2) is 5.90. The number of nitrogens with one attached hydrogen (secondary N) is 1. The highest BCUT2D eigenvalue weighted by Gasteiger charge is 2.47. The topological polar surface area (TPSA) is 54.3 Å². The van der Waals surface area contributed by atoms with Gasteiger partial charge in [0.25, 0.3) is 5.91 Å². The summed E-state index contributed by atoms with van der Waals surface area (Å²) in [7, 11) is 0. The van der Waals surface area contributed by atoms with Crippen molar-refractivity contribution in [2.45, 2.75) is 57.7 Å². The zero-order chi connectivity index (χ0) is 17.6. The molecule has 1 aliphatic carbocycles. The molecule has 132 valence electrons. The number of carbonyl (C=O) groups excluding carboxylic acids is 2. The monoisotopic (exact) mass is 339 g/mol. The Bertz CT molecular complexity index is 835. The van der Waals surface area contributed by atoms with Crippen LogP contribution in [0.4, 0.5) is 0 Å². The zero-order valence-corrected chi connectivity index (χ0v) is 14.9. The van der Waals surface area contributed by atoms with Gasteiger partial charge in [0.1, 0.15) is 11.2 Å². The van der Waals surface area contributed by atoms with Gasteiger partial charge in [0.2, 0.25) is 5.91 Å². The first-order valence-corrected chi connectivity index (χ1v) is 9.26. The summed E-state index contributed by atoms with van der Waals surface area (Å²) in [4.78, 5) is 28.0. The lowest BCUT2D eigenvalue weighted by molar-refractivity contribution is -0.133. The predicted octanol–water partition coefficient (Wildman–Crippen LogP) is 2.93. The van der Waals surface area contributed by atoms with Crippen molar-refractivity contribution < 1.29 is 9.59 Å². The number of benzene rings is 1. The van der Waals surface area contributed by atoms with Gasteiger partial charge in [0, 0.05) is 23.5 Å². The summed E-state index contributed by atoms with van der Waals surface area (Å²) in [5, 5.41) is 4.24. The molecular formula is C20H25N3O2. The van der Waals surface area contributed by atoms with Crippen LogP contribution in [0.5, 0.6) is 0 Å². The zero-order valence-electron chi connectivity index (χ0n) is 14.9. The smallest absolute Gasteiger partial charge is 0.271 e. The number of para-hydroxylation sites is 1. The van der Waals surface area contributed by atoms with Crippen LogP contribution in [0.3, 0.4) is 0 Å². The third kappa shape index (κ3) is 2.44. The minimum atomic E-state index is -0.858. The van der Waals surface area contributed by atoms with E-state index in [4.69, 9.17) is 0 Å². The summed E-state index contributed by atoms with van der Waals surface area (Å²) in [5.74, 6) is -0.0907. The van der Waals surface area contributed by atoms with E-state index in [1.54, 1.807) is 4.90 Å². The number of fused-ring (bicyclic) bond motifs is 3. The van der Waals surface area contributed by atoms with Gasteiger partial charge in [0.05, 0.1) is 6.54 Å². The molecule has 4 rings (SSSR count). The highest BCUT2D eigenvalue weighted by atomic mass is 16.2. The van der Waals surface area contributed by atoms with Crippen LogP contribution in [-0.2, 0) is 11.3 Å². The Morgan fingerprint density at radius 3 is 2.72 bits per heavy atom. The molecule has 1 aliphatic heterocycles. The first kappa shape index (κ1) is 16.2. The van der Waals surface area contributed by atoms with Crippen molar-refractivity contribution >= 4 is 22.7 Å². The number of hydrogen-bond donors (Lipinski definition) is 1. The molecule has 2 aromatic rings. The van der Waals surface area contributed by atoms with Crippen LogP contribution in [-0.4, -0.2) is 39.4 Å². The van der Waals surface area contributed by atoms with Crippen LogP contribution in [0.25, 0.3) is 10.9 Å². The fraction of sp³-hybridized carbons (Fsp3) is 0.500. The van der Waals surface area contributed by atoms with Gasteiger partial charge < -0.3 is 14.8 Å². The molecule has 5 nitrogen and oxygen atoms in total. The number of nitrogens with zero attached hydrogens (tertiary/aromatic N) is 2. The second-order valence-electron chi connectivity index (χ2n) is 7.45. The molecule has 1 aromatic carbocycles. The Morgan fingerprint density at radius 2 is 2.00 bits per heavy atom. The number of aromatic nitrogens is 1. The van der Waals surface area contributed by atoms with E-state index in [9.17, 15) is 9.59 Å². The quantitative estimate of drug-likeness (QED) is 0.935. The van der Waals surface area contributed by atoms with E-state index in [0.717, 1.165) is 23.7 Å². The molecule has 1 saturated carbocycles. The van der Waals surface area contributed by atoms with E-state index in [1.807, 2.05) is 48.7 Å². The van der Waals surface area contributed by atoms with E-state index < -0.39 is 5.54 Å². The molecular weight excluding hydrogens is 314 g/mol. The summed E-state index contributed by atoms with van der Waals surface area (Å²) < 4.78 is 2.01. The molecule has 0 spiro atoms. The highest BCUT2D eigenvalue weighted by molar-refractivity contribution is 6.03. The maximum atomic E-state index is 13.1. The maximum absolute atomic E-state index is 13.1. The first-order chi connectivity index (χ1) is 12.0. The van der Waals surface area contributed by atoms with E-state index in [1.165, 1.54) is 12.8 Å². The molecule has 2 heterocycles. The Morgan fingerprint density at radius 1 is 1.28 bits per heavy atom. The lowest BCUT2D eigenvalue weighted by Crippen LogP contribution is -2.64. The van der Waals surface area contributed by atoms with Gasteiger partial charge >= 0.3 is 0 Å². The molecule has 1 N–H and O–H groups in total. The number of rotatable bonds is 3. The summed E-state index contributed by atoms with van der Waals surface area (Å²) in [6, 6.07) is 10.2. The number of amides is 2. The van der Waals surface area contributed by atoms with Crippen molar-refractivity contribution in [3.63, 3.8) is 0 Å². The van der Waals surface area contributed by atoms with Crippen molar-refractivity contribution in [2.75, 3.05) is 6.54 Å². The number of carbonyl (C=O) groups is 2. The van der Waals surface area contributed by atoms with Crippen LogP contribution in [0.15, 0.2) is 30.3 Å². The number of hydrogen-bond acceptors (Lipinski definition) is 2. The third-order valence-electron chi connectivity index (χ3n) is 5.83. The van der Waals surface area contributed by atoms with Crippen molar-refractivity contribution in [1.82, 2.24) is 14.8 Å². The van der Waals surface area contributed by atoms with Crippen molar-refractivity contribution in [1.29, 1.82) is 0 Å². The SMILES string of the molecule is CCN1C(=O)c2cc3ccccc3n2CC1(C)C(=O)NC1CCCC1. The van der Waals surface area contributed by atoms with Crippen LogP contribution in [0, 0.1) is 0 Å². The molecule has 1 atom stereocenters. The van der Waals surface area contributed by atoms with Gasteiger partial charge in [0.15, 0.2) is 0 Å². The Labute approximate surface area is 148 Å². The van der Waals surface area contributed by atoms with Crippen molar-refractivity contribution in [2.24, 2.45) is 0 Å². The Hall–Kier alpha value is -2.30. The van der Waals surface area contributed by atoms with Crippen LogP contribution >= 0.6 is 0 Å². The van der Waals surface area contributed by atoms with Gasteiger partial charge in [-0.15, -0.1) is 0 Å². The average Bonchev–Trinajstić information content (AvgIpc) is 3.23. The lowest BCUT2D eigenvalue weighted by Gasteiger charge is -2.44. The van der Waals surface area contributed by atoms with Crippen molar-refractivity contribution in [3.05, 3.63) is 36.0 Å². The molecule has 1 aromatic heterocycles. The minimum absolute atomic E-state index is 0.0296. The fourth-order valence-corrected chi connectivity index (χ4v) is 4.41. The molecule has 0 saturated heterocycles. The molecule has 0 radical (unpaired) electrons. The fourth-order valence-electron chi connectivity index (χ4n) is 4.41. The van der Waals surface area contributed by atoms with E-state index >= 15 is 0 Å². The standard InChI is InChI=1S/C20H25N3O2/c1-3-23-18(24)17-12-14-8-4-7-11-16(14)22(17)13-20(23,2)19(25)21-15-9-5-6-10-15/h4,7-8,11-12,15H,3,5-6,9-10,13H2,1-2H3,(H,21,25). The molecule has 1 fully saturated rings. The highest BCUT2D eigenvalue weighted by Crippen LogP contribution is 2.32. The van der Waals surface area contributed by atoms with Crippen LogP contribution in [0.2, 0.25) is 0 Å².